The molecule has 2 aromatic heterocycles. The van der Waals surface area contributed by atoms with Gasteiger partial charge in [-0.25, -0.2) is 9.83 Å². The maximum Gasteiger partial charge on any atom is 0.205 e. The average molecular weight is 157 g/mol. The molecule has 0 saturated carbocycles. The minimum atomic E-state index is 0.591. The predicted molar refractivity (Wildman–Crippen MR) is 47.0 cm³/mol. The molecule has 12 heavy (non-hydrogen) atoms. The fourth-order valence-electron chi connectivity index (χ4n) is 1.20. The molecule has 0 amide bonds. The van der Waals surface area contributed by atoms with Crippen LogP contribution in [0.1, 0.15) is 0 Å². The molecule has 2 heterocycles. The Morgan fingerprint density at radius 3 is 3.17 bits per heavy atom. The molecule has 0 aromatic carbocycles. The van der Waals surface area contributed by atoms with Gasteiger partial charge in [-0.05, 0) is 12.1 Å². The molecule has 2 rings (SSSR count). The summed E-state index contributed by atoms with van der Waals surface area (Å²) in [6.07, 6.45) is 3.53. The van der Waals surface area contributed by atoms with E-state index in [1.807, 2.05) is 29.9 Å². The molecule has 0 aliphatic rings. The van der Waals surface area contributed by atoms with Crippen molar-refractivity contribution in [2.75, 3.05) is 0 Å². The molecule has 3 nitrogen and oxygen atoms in total. The smallest absolute Gasteiger partial charge is 0.205 e. The van der Waals surface area contributed by atoms with E-state index in [1.54, 1.807) is 6.20 Å². The fourth-order valence-corrected chi connectivity index (χ4v) is 1.20. The summed E-state index contributed by atoms with van der Waals surface area (Å²) in [6.45, 7) is 6.80. The van der Waals surface area contributed by atoms with Crippen molar-refractivity contribution in [2.24, 2.45) is 7.05 Å². The third-order valence-corrected chi connectivity index (χ3v) is 1.82. The molecule has 0 unspecified atom stereocenters. The second-order valence-corrected chi connectivity index (χ2v) is 2.64. The van der Waals surface area contributed by atoms with E-state index in [-0.39, 0.29) is 0 Å². The first-order valence-electron chi connectivity index (χ1n) is 3.60. The Labute approximate surface area is 70.1 Å². The van der Waals surface area contributed by atoms with Crippen molar-refractivity contribution in [3.8, 4) is 0 Å². The highest BCUT2D eigenvalue weighted by Crippen LogP contribution is 2.18. The van der Waals surface area contributed by atoms with Gasteiger partial charge in [-0.1, -0.05) is 0 Å². The van der Waals surface area contributed by atoms with Crippen LogP contribution in [0.25, 0.3) is 15.9 Å². The van der Waals surface area contributed by atoms with Crippen molar-refractivity contribution >= 4 is 16.7 Å². The number of aromatic nitrogens is 2. The third-order valence-electron chi connectivity index (χ3n) is 1.82. The van der Waals surface area contributed by atoms with Crippen molar-refractivity contribution in [1.29, 1.82) is 0 Å². The van der Waals surface area contributed by atoms with Crippen LogP contribution in [0, 0.1) is 6.57 Å². The van der Waals surface area contributed by atoms with E-state index in [0.717, 1.165) is 11.0 Å². The Kier molecular flexibility index (Phi) is 1.34. The monoisotopic (exact) mass is 157 g/mol. The summed E-state index contributed by atoms with van der Waals surface area (Å²) in [7, 11) is 1.94. The van der Waals surface area contributed by atoms with Crippen molar-refractivity contribution in [2.45, 2.75) is 0 Å². The lowest BCUT2D eigenvalue weighted by molar-refractivity contribution is 0.949. The number of fused-ring (bicyclic) bond motifs is 1. The minimum absolute atomic E-state index is 0.591. The van der Waals surface area contributed by atoms with E-state index in [4.69, 9.17) is 6.57 Å². The number of aryl methyl sites for hydroxylation is 1. The van der Waals surface area contributed by atoms with Gasteiger partial charge in [0, 0.05) is 24.8 Å². The van der Waals surface area contributed by atoms with Crippen LogP contribution < -0.4 is 0 Å². The molecule has 58 valence electrons. The summed E-state index contributed by atoms with van der Waals surface area (Å²) in [5.41, 5.74) is 1.51. The summed E-state index contributed by atoms with van der Waals surface area (Å²) in [6, 6.07) is 3.80. The molecule has 0 N–H and O–H groups in total. The predicted octanol–water partition coefficient (Wildman–Crippen LogP) is 2.12. The van der Waals surface area contributed by atoms with Gasteiger partial charge in [-0.3, -0.25) is 0 Å². The standard InChI is InChI=1S/C9H7N3/c1-10-8-5-7-3-4-12(2)9(7)11-6-8/h3-6H,2H3. The highest BCUT2D eigenvalue weighted by molar-refractivity contribution is 5.79. The summed E-state index contributed by atoms with van der Waals surface area (Å²) in [4.78, 5) is 7.47. The van der Waals surface area contributed by atoms with E-state index in [1.165, 1.54) is 0 Å². The van der Waals surface area contributed by atoms with Gasteiger partial charge in [0.1, 0.15) is 5.65 Å². The van der Waals surface area contributed by atoms with Crippen molar-refractivity contribution in [3.63, 3.8) is 0 Å². The van der Waals surface area contributed by atoms with Crippen LogP contribution in [0.5, 0.6) is 0 Å². The second-order valence-electron chi connectivity index (χ2n) is 2.64. The summed E-state index contributed by atoms with van der Waals surface area (Å²) < 4.78 is 1.93. The largest absolute Gasteiger partial charge is 0.336 e. The zero-order valence-electron chi connectivity index (χ0n) is 6.65. The Bertz CT molecular complexity index is 462. The van der Waals surface area contributed by atoms with Gasteiger partial charge in [-0.2, -0.15) is 0 Å². The van der Waals surface area contributed by atoms with Crippen LogP contribution in [-0.2, 0) is 7.05 Å². The highest BCUT2D eigenvalue weighted by atomic mass is 15.0. The van der Waals surface area contributed by atoms with Crippen molar-refractivity contribution in [3.05, 3.63) is 35.9 Å². The first kappa shape index (κ1) is 6.86. The Balaban J connectivity index is 2.80. The molecule has 0 atom stereocenters. The van der Waals surface area contributed by atoms with Gasteiger partial charge < -0.3 is 4.57 Å². The normalized spacial score (nSPS) is 10.0. The van der Waals surface area contributed by atoms with Crippen LogP contribution >= 0.6 is 0 Å². The van der Waals surface area contributed by atoms with E-state index in [2.05, 4.69) is 9.83 Å². The van der Waals surface area contributed by atoms with Gasteiger partial charge in [-0.15, -0.1) is 0 Å². The van der Waals surface area contributed by atoms with Crippen LogP contribution in [-0.4, -0.2) is 9.55 Å². The topological polar surface area (TPSA) is 22.2 Å². The number of rotatable bonds is 0. The van der Waals surface area contributed by atoms with E-state index >= 15 is 0 Å². The second kappa shape index (κ2) is 2.35. The minimum Gasteiger partial charge on any atom is -0.336 e. The van der Waals surface area contributed by atoms with Crippen molar-refractivity contribution in [1.82, 2.24) is 9.55 Å². The van der Waals surface area contributed by atoms with E-state index < -0.39 is 0 Å². The quantitative estimate of drug-likeness (QED) is 0.537. The Morgan fingerprint density at radius 2 is 2.42 bits per heavy atom. The zero-order valence-corrected chi connectivity index (χ0v) is 6.65. The number of hydrogen-bond acceptors (Lipinski definition) is 1. The van der Waals surface area contributed by atoms with Gasteiger partial charge in [0.05, 0.1) is 6.57 Å². The molecule has 0 radical (unpaired) electrons. The fraction of sp³-hybridized carbons (Fsp3) is 0.111. The SMILES string of the molecule is [C-]#[N+]c1cnc2c(ccn2C)c1. The Hall–Kier alpha value is -1.82. The first-order valence-corrected chi connectivity index (χ1v) is 3.60. The molecule has 3 heteroatoms. The summed E-state index contributed by atoms with van der Waals surface area (Å²) >= 11 is 0. The maximum atomic E-state index is 6.80. The molecule has 2 aromatic rings. The van der Waals surface area contributed by atoms with E-state index in [9.17, 15) is 0 Å². The van der Waals surface area contributed by atoms with Gasteiger partial charge in [0.15, 0.2) is 0 Å². The number of hydrogen-bond donors (Lipinski definition) is 0. The zero-order chi connectivity index (χ0) is 8.55. The molecule has 0 bridgehead atoms. The van der Waals surface area contributed by atoms with Gasteiger partial charge >= 0.3 is 0 Å². The lowest BCUT2D eigenvalue weighted by Gasteiger charge is -1.93. The molecule has 0 saturated heterocycles. The maximum absolute atomic E-state index is 6.80. The van der Waals surface area contributed by atoms with Crippen molar-refractivity contribution < 1.29 is 0 Å². The molecule has 0 aliphatic carbocycles. The molecular formula is C9H7N3. The van der Waals surface area contributed by atoms with Crippen LogP contribution in [0.4, 0.5) is 5.69 Å². The van der Waals surface area contributed by atoms with Gasteiger partial charge in [0.2, 0.25) is 5.69 Å². The molecular weight excluding hydrogens is 150 g/mol. The van der Waals surface area contributed by atoms with Crippen LogP contribution in [0.3, 0.4) is 0 Å². The summed E-state index contributed by atoms with van der Waals surface area (Å²) in [5.74, 6) is 0. The lowest BCUT2D eigenvalue weighted by Crippen LogP contribution is -1.85. The number of nitrogens with zero attached hydrogens (tertiary/aromatic N) is 3. The first-order chi connectivity index (χ1) is 5.81. The van der Waals surface area contributed by atoms with Crippen LogP contribution in [0.2, 0.25) is 0 Å². The van der Waals surface area contributed by atoms with Crippen LogP contribution in [0.15, 0.2) is 24.5 Å². The van der Waals surface area contributed by atoms with E-state index in [0.29, 0.717) is 5.69 Å². The lowest BCUT2D eigenvalue weighted by atomic mass is 10.3. The molecule has 0 fully saturated rings. The highest BCUT2D eigenvalue weighted by Gasteiger charge is 1.99. The number of pyridine rings is 1. The third kappa shape index (κ3) is 0.857. The average Bonchev–Trinajstić information content (AvgIpc) is 2.47. The summed E-state index contributed by atoms with van der Waals surface area (Å²) in [5, 5.41) is 1.02. The molecule has 0 spiro atoms. The molecule has 0 aliphatic heterocycles. The van der Waals surface area contributed by atoms with Gasteiger partial charge in [0.25, 0.3) is 0 Å². The Morgan fingerprint density at radius 1 is 1.58 bits per heavy atom.